The van der Waals surface area contributed by atoms with Crippen LogP contribution in [0.3, 0.4) is 0 Å². The summed E-state index contributed by atoms with van der Waals surface area (Å²) in [6.07, 6.45) is 4.87. The standard InChI is InChI=1S/C27H24N6O3S3/c1-36-22-16-17(12-13-18(22)31-39(2,34)35)33-25(24(30-26(33)37)20-9-5-6-14-28-20)21-10-7-15-32(21)27-29-19-8-3-4-11-23(19)38-27/h3-16,24-25,31H,1-2H3,(H,30,37)/t24-,25+/m0/s1. The maximum Gasteiger partial charge on any atom is 0.229 e. The summed E-state index contributed by atoms with van der Waals surface area (Å²) in [5.74, 6) is 0.377. The summed E-state index contributed by atoms with van der Waals surface area (Å²) >= 11 is 7.49. The van der Waals surface area contributed by atoms with Gasteiger partial charge in [-0.15, -0.1) is 0 Å². The van der Waals surface area contributed by atoms with E-state index in [0.717, 1.165) is 38.7 Å². The molecular weight excluding hydrogens is 553 g/mol. The van der Waals surface area contributed by atoms with Crippen LogP contribution in [0.15, 0.2) is 85.2 Å². The van der Waals surface area contributed by atoms with Gasteiger partial charge < -0.3 is 15.0 Å². The van der Waals surface area contributed by atoms with Gasteiger partial charge in [-0.2, -0.15) is 0 Å². The van der Waals surface area contributed by atoms with Crippen molar-refractivity contribution in [3.05, 3.63) is 96.6 Å². The SMILES string of the molecule is COc1cc(N2C(=S)N[C@@H](c3ccccn3)[C@H]2c2cccn2-c2nc3ccccc3s2)ccc1NS(C)(=O)=O. The lowest BCUT2D eigenvalue weighted by molar-refractivity contribution is 0.417. The number of methoxy groups -OCH3 is 1. The van der Waals surface area contributed by atoms with E-state index in [4.69, 9.17) is 21.9 Å². The summed E-state index contributed by atoms with van der Waals surface area (Å²) in [5.41, 5.74) is 3.83. The lowest BCUT2D eigenvalue weighted by atomic mass is 10.0. The zero-order valence-corrected chi connectivity index (χ0v) is 23.4. The van der Waals surface area contributed by atoms with E-state index in [1.54, 1.807) is 29.7 Å². The Labute approximate surface area is 235 Å². The van der Waals surface area contributed by atoms with Crippen molar-refractivity contribution in [2.24, 2.45) is 0 Å². The van der Waals surface area contributed by atoms with Crippen molar-refractivity contribution in [1.29, 1.82) is 0 Å². The van der Waals surface area contributed by atoms with Gasteiger partial charge in [0.2, 0.25) is 10.0 Å². The molecule has 1 aliphatic rings. The molecule has 0 saturated carbocycles. The molecule has 4 heterocycles. The monoisotopic (exact) mass is 576 g/mol. The maximum absolute atomic E-state index is 11.9. The molecule has 0 amide bonds. The van der Waals surface area contributed by atoms with Crippen LogP contribution in [0, 0.1) is 0 Å². The number of thiazole rings is 1. The second-order valence-electron chi connectivity index (χ2n) is 9.02. The molecule has 2 atom stereocenters. The zero-order valence-electron chi connectivity index (χ0n) is 21.0. The van der Waals surface area contributed by atoms with Crippen molar-refractivity contribution in [2.45, 2.75) is 12.1 Å². The first-order valence-corrected chi connectivity index (χ1v) is 15.1. The molecule has 0 spiro atoms. The normalized spacial score (nSPS) is 17.4. The van der Waals surface area contributed by atoms with Gasteiger partial charge >= 0.3 is 0 Å². The highest BCUT2D eigenvalue weighted by Crippen LogP contribution is 2.44. The Hall–Kier alpha value is -4.00. The molecule has 6 rings (SSSR count). The third-order valence-corrected chi connectivity index (χ3v) is 8.37. The Kier molecular flexibility index (Phi) is 6.45. The second kappa shape index (κ2) is 9.95. The molecule has 198 valence electrons. The van der Waals surface area contributed by atoms with E-state index in [-0.39, 0.29) is 12.1 Å². The number of thiocarbonyl (C=S) groups is 1. The first-order valence-electron chi connectivity index (χ1n) is 12.0. The van der Waals surface area contributed by atoms with Crippen LogP contribution < -0.4 is 19.7 Å². The molecular formula is C27H24N6O3S3. The van der Waals surface area contributed by atoms with Gasteiger partial charge in [0.15, 0.2) is 10.2 Å². The minimum Gasteiger partial charge on any atom is -0.494 e. The fourth-order valence-corrected chi connectivity index (χ4v) is 6.70. The van der Waals surface area contributed by atoms with E-state index in [0.29, 0.717) is 16.5 Å². The molecule has 1 fully saturated rings. The number of ether oxygens (including phenoxy) is 1. The molecule has 0 bridgehead atoms. The first kappa shape index (κ1) is 25.3. The number of rotatable bonds is 7. The lowest BCUT2D eigenvalue weighted by Crippen LogP contribution is -2.30. The van der Waals surface area contributed by atoms with Gasteiger partial charge in [-0.05, 0) is 60.7 Å². The smallest absolute Gasteiger partial charge is 0.229 e. The minimum absolute atomic E-state index is 0.262. The van der Waals surface area contributed by atoms with E-state index in [1.807, 2.05) is 59.6 Å². The largest absolute Gasteiger partial charge is 0.494 e. The van der Waals surface area contributed by atoms with E-state index in [9.17, 15) is 8.42 Å². The first-order chi connectivity index (χ1) is 18.8. The van der Waals surface area contributed by atoms with Crippen LogP contribution >= 0.6 is 23.6 Å². The Bertz CT molecular complexity index is 1750. The molecule has 0 unspecified atom stereocenters. The Balaban J connectivity index is 1.49. The number of benzene rings is 2. The molecule has 12 heteroatoms. The fourth-order valence-electron chi connectivity index (χ4n) is 4.82. The number of nitrogens with zero attached hydrogens (tertiary/aromatic N) is 4. The van der Waals surface area contributed by atoms with Gasteiger partial charge in [-0.1, -0.05) is 29.5 Å². The molecule has 9 nitrogen and oxygen atoms in total. The average Bonchev–Trinajstić information content (AvgIpc) is 3.65. The number of anilines is 2. The summed E-state index contributed by atoms with van der Waals surface area (Å²) in [4.78, 5) is 11.5. The molecule has 3 aromatic heterocycles. The van der Waals surface area contributed by atoms with Crippen molar-refractivity contribution in [3.63, 3.8) is 0 Å². The highest BCUT2D eigenvalue weighted by atomic mass is 32.2. The van der Waals surface area contributed by atoms with Crippen molar-refractivity contribution in [2.75, 3.05) is 23.0 Å². The predicted octanol–water partition coefficient (Wildman–Crippen LogP) is 5.04. The number of nitrogens with one attached hydrogen (secondary N) is 2. The highest BCUT2D eigenvalue weighted by Gasteiger charge is 2.42. The zero-order chi connectivity index (χ0) is 27.1. The number of hydrogen-bond acceptors (Lipinski definition) is 7. The lowest BCUT2D eigenvalue weighted by Gasteiger charge is -2.29. The number of pyridine rings is 1. The van der Waals surface area contributed by atoms with E-state index in [2.05, 4.69) is 31.7 Å². The van der Waals surface area contributed by atoms with E-state index in [1.165, 1.54) is 7.11 Å². The van der Waals surface area contributed by atoms with Gasteiger partial charge in [0.1, 0.15) is 11.8 Å². The summed E-state index contributed by atoms with van der Waals surface area (Å²) in [6.45, 7) is 0. The number of sulfonamides is 1. The third-order valence-electron chi connectivity index (χ3n) is 6.43. The van der Waals surface area contributed by atoms with Crippen LogP contribution in [0.25, 0.3) is 15.3 Å². The molecule has 2 N–H and O–H groups in total. The Morgan fingerprint density at radius 2 is 1.90 bits per heavy atom. The van der Waals surface area contributed by atoms with Crippen LogP contribution in [0.1, 0.15) is 23.5 Å². The van der Waals surface area contributed by atoms with Crippen molar-refractivity contribution >= 4 is 60.3 Å². The molecule has 39 heavy (non-hydrogen) atoms. The number of fused-ring (bicyclic) bond motifs is 1. The predicted molar refractivity (Wildman–Crippen MR) is 158 cm³/mol. The van der Waals surface area contributed by atoms with Crippen molar-refractivity contribution in [1.82, 2.24) is 19.9 Å². The summed E-state index contributed by atoms with van der Waals surface area (Å²) in [6, 6.07) is 22.6. The molecule has 1 saturated heterocycles. The fraction of sp³-hybridized carbons (Fsp3) is 0.148. The third kappa shape index (κ3) is 4.82. The molecule has 2 aromatic carbocycles. The van der Waals surface area contributed by atoms with E-state index >= 15 is 0 Å². The van der Waals surface area contributed by atoms with E-state index < -0.39 is 10.0 Å². The van der Waals surface area contributed by atoms with Crippen LogP contribution in [0.5, 0.6) is 5.75 Å². The molecule has 5 aromatic rings. The van der Waals surface area contributed by atoms with Crippen LogP contribution in [0.4, 0.5) is 11.4 Å². The summed E-state index contributed by atoms with van der Waals surface area (Å²) in [5, 5.41) is 4.82. The quantitative estimate of drug-likeness (QED) is 0.260. The maximum atomic E-state index is 11.9. The summed E-state index contributed by atoms with van der Waals surface area (Å²) < 4.78 is 35.0. The Morgan fingerprint density at radius 1 is 1.08 bits per heavy atom. The second-order valence-corrected chi connectivity index (χ2v) is 12.2. The van der Waals surface area contributed by atoms with Crippen LogP contribution in [-0.2, 0) is 10.0 Å². The van der Waals surface area contributed by atoms with Crippen molar-refractivity contribution in [3.8, 4) is 10.9 Å². The average molecular weight is 577 g/mol. The number of aromatic nitrogens is 3. The minimum atomic E-state index is -3.49. The summed E-state index contributed by atoms with van der Waals surface area (Å²) in [7, 11) is -1.99. The van der Waals surface area contributed by atoms with Crippen molar-refractivity contribution < 1.29 is 13.2 Å². The van der Waals surface area contributed by atoms with Gasteiger partial charge in [-0.25, -0.2) is 13.4 Å². The van der Waals surface area contributed by atoms with Gasteiger partial charge in [0, 0.05) is 24.1 Å². The highest BCUT2D eigenvalue weighted by molar-refractivity contribution is 7.92. The number of hydrogen-bond donors (Lipinski definition) is 2. The van der Waals surface area contributed by atoms with Gasteiger partial charge in [-0.3, -0.25) is 14.3 Å². The molecule has 1 aliphatic heterocycles. The molecule has 0 radical (unpaired) electrons. The topological polar surface area (TPSA) is 101 Å². The van der Waals surface area contributed by atoms with Gasteiger partial charge in [0.05, 0.1) is 46.7 Å². The van der Waals surface area contributed by atoms with Crippen LogP contribution in [-0.4, -0.2) is 41.4 Å². The molecule has 0 aliphatic carbocycles. The van der Waals surface area contributed by atoms with Gasteiger partial charge in [0.25, 0.3) is 0 Å². The Morgan fingerprint density at radius 3 is 2.64 bits per heavy atom. The van der Waals surface area contributed by atoms with Crippen LogP contribution in [0.2, 0.25) is 0 Å². The number of para-hydroxylation sites is 1.